The molecule has 2 aromatic carbocycles. The fraction of sp³-hybridized carbons (Fsp3) is 0.300. The summed E-state index contributed by atoms with van der Waals surface area (Å²) in [7, 11) is 0. The molecule has 0 radical (unpaired) electrons. The lowest BCUT2D eigenvalue weighted by molar-refractivity contribution is -0.137. The maximum atomic E-state index is 12.7. The van der Waals surface area contributed by atoms with Crippen LogP contribution in [-0.4, -0.2) is 24.0 Å². The van der Waals surface area contributed by atoms with Gasteiger partial charge in [0.2, 0.25) is 0 Å². The van der Waals surface area contributed by atoms with E-state index in [2.05, 4.69) is 10.6 Å². The van der Waals surface area contributed by atoms with E-state index in [0.717, 1.165) is 12.1 Å². The number of ether oxygens (including phenoxy) is 1. The number of alkyl halides is 3. The van der Waals surface area contributed by atoms with Gasteiger partial charge in [-0.05, 0) is 63.2 Å². The van der Waals surface area contributed by atoms with E-state index >= 15 is 0 Å². The molecular weight excluding hydrogens is 373 g/mol. The summed E-state index contributed by atoms with van der Waals surface area (Å²) in [6, 6.07) is 10.5. The maximum Gasteiger partial charge on any atom is 0.416 e. The van der Waals surface area contributed by atoms with Crippen LogP contribution in [0.3, 0.4) is 0 Å². The zero-order valence-corrected chi connectivity index (χ0v) is 15.7. The summed E-state index contributed by atoms with van der Waals surface area (Å²) in [4.78, 5) is 24.0. The minimum atomic E-state index is -4.48. The molecule has 2 N–H and O–H groups in total. The van der Waals surface area contributed by atoms with Gasteiger partial charge < -0.3 is 15.4 Å². The topological polar surface area (TPSA) is 67.4 Å². The van der Waals surface area contributed by atoms with Crippen LogP contribution in [0, 0.1) is 0 Å². The third-order valence-electron chi connectivity index (χ3n) is 3.45. The molecule has 0 saturated heterocycles. The molecule has 5 nitrogen and oxygen atoms in total. The van der Waals surface area contributed by atoms with Crippen LogP contribution in [0.5, 0.6) is 5.75 Å². The average molecular weight is 394 g/mol. The van der Waals surface area contributed by atoms with E-state index in [4.69, 9.17) is 4.74 Å². The summed E-state index contributed by atoms with van der Waals surface area (Å²) in [5.74, 6) is -0.832. The Labute approximate surface area is 160 Å². The second-order valence-corrected chi connectivity index (χ2v) is 7.14. The Morgan fingerprint density at radius 2 is 1.64 bits per heavy atom. The van der Waals surface area contributed by atoms with Crippen molar-refractivity contribution in [3.05, 3.63) is 59.7 Å². The largest absolute Gasteiger partial charge is 0.484 e. The van der Waals surface area contributed by atoms with E-state index in [1.807, 2.05) is 20.8 Å². The van der Waals surface area contributed by atoms with Gasteiger partial charge in [0.15, 0.2) is 6.61 Å². The van der Waals surface area contributed by atoms with E-state index in [9.17, 15) is 22.8 Å². The van der Waals surface area contributed by atoms with Crippen LogP contribution in [0.25, 0.3) is 0 Å². The predicted molar refractivity (Wildman–Crippen MR) is 99.2 cm³/mol. The molecule has 0 aromatic heterocycles. The van der Waals surface area contributed by atoms with Gasteiger partial charge in [-0.1, -0.05) is 6.07 Å². The summed E-state index contributed by atoms with van der Waals surface area (Å²) in [6.45, 7) is 5.14. The summed E-state index contributed by atoms with van der Waals surface area (Å²) >= 11 is 0. The lowest BCUT2D eigenvalue weighted by Crippen LogP contribution is -2.40. The molecule has 0 heterocycles. The second-order valence-electron chi connectivity index (χ2n) is 7.14. The zero-order chi connectivity index (χ0) is 20.9. The molecule has 0 spiro atoms. The number of rotatable bonds is 5. The van der Waals surface area contributed by atoms with Gasteiger partial charge in [-0.3, -0.25) is 9.59 Å². The number of carbonyl (C=O) groups excluding carboxylic acids is 2. The molecule has 0 bridgehead atoms. The minimum absolute atomic E-state index is 0.0563. The highest BCUT2D eigenvalue weighted by atomic mass is 19.4. The number of nitrogens with one attached hydrogen (secondary N) is 2. The molecular formula is C20H21F3N2O3. The Hall–Kier alpha value is -3.03. The molecule has 0 atom stereocenters. The first-order valence-corrected chi connectivity index (χ1v) is 8.46. The normalized spacial score (nSPS) is 11.6. The standard InChI is InChI=1S/C20H21F3N2O3/c1-19(2,3)25-18(27)13-7-9-15(10-8-13)24-17(26)12-28-16-6-4-5-14(11-16)20(21,22)23/h4-11H,12H2,1-3H3,(H,24,26)(H,25,27). The highest BCUT2D eigenvalue weighted by molar-refractivity contribution is 5.96. The Balaban J connectivity index is 1.91. The van der Waals surface area contributed by atoms with Crippen molar-refractivity contribution in [1.82, 2.24) is 5.32 Å². The van der Waals surface area contributed by atoms with Crippen molar-refractivity contribution in [3.63, 3.8) is 0 Å². The molecule has 0 saturated carbocycles. The Kier molecular flexibility index (Phi) is 6.33. The number of carbonyl (C=O) groups is 2. The van der Waals surface area contributed by atoms with Crippen molar-refractivity contribution in [2.75, 3.05) is 11.9 Å². The van der Waals surface area contributed by atoms with Crippen LogP contribution in [0.1, 0.15) is 36.7 Å². The molecule has 2 rings (SSSR count). The number of hydrogen-bond donors (Lipinski definition) is 2. The van der Waals surface area contributed by atoms with Crippen molar-refractivity contribution in [3.8, 4) is 5.75 Å². The number of hydrogen-bond acceptors (Lipinski definition) is 3. The van der Waals surface area contributed by atoms with Gasteiger partial charge in [-0.2, -0.15) is 13.2 Å². The quantitative estimate of drug-likeness (QED) is 0.797. The highest BCUT2D eigenvalue weighted by Crippen LogP contribution is 2.31. The molecule has 28 heavy (non-hydrogen) atoms. The van der Waals surface area contributed by atoms with E-state index in [-0.39, 0.29) is 17.2 Å². The molecule has 0 aliphatic carbocycles. The SMILES string of the molecule is CC(C)(C)NC(=O)c1ccc(NC(=O)COc2cccc(C(F)(F)F)c2)cc1. The molecule has 0 aliphatic heterocycles. The van der Waals surface area contributed by atoms with Gasteiger partial charge in [0.1, 0.15) is 5.75 Å². The van der Waals surface area contributed by atoms with Crippen LogP contribution >= 0.6 is 0 Å². The van der Waals surface area contributed by atoms with E-state index < -0.39 is 24.3 Å². The molecule has 0 unspecified atom stereocenters. The van der Waals surface area contributed by atoms with Gasteiger partial charge in [0, 0.05) is 16.8 Å². The lowest BCUT2D eigenvalue weighted by atomic mass is 10.1. The van der Waals surface area contributed by atoms with Gasteiger partial charge >= 0.3 is 6.18 Å². The molecule has 150 valence electrons. The number of halogens is 3. The highest BCUT2D eigenvalue weighted by Gasteiger charge is 2.30. The zero-order valence-electron chi connectivity index (χ0n) is 15.7. The fourth-order valence-corrected chi connectivity index (χ4v) is 2.23. The first-order chi connectivity index (χ1) is 12.9. The molecule has 2 aromatic rings. The summed E-state index contributed by atoms with van der Waals surface area (Å²) in [5, 5.41) is 5.38. The van der Waals surface area contributed by atoms with Crippen LogP contribution < -0.4 is 15.4 Å². The number of benzene rings is 2. The molecule has 0 aliphatic rings. The van der Waals surface area contributed by atoms with Crippen molar-refractivity contribution in [2.45, 2.75) is 32.5 Å². The van der Waals surface area contributed by atoms with Crippen molar-refractivity contribution in [1.29, 1.82) is 0 Å². The molecule has 0 fully saturated rings. The van der Waals surface area contributed by atoms with E-state index in [1.165, 1.54) is 12.1 Å². The Bertz CT molecular complexity index is 841. The fourth-order valence-electron chi connectivity index (χ4n) is 2.23. The molecule has 2 amide bonds. The third kappa shape index (κ3) is 6.61. The van der Waals surface area contributed by atoms with Gasteiger partial charge in [0.05, 0.1) is 5.56 Å². The van der Waals surface area contributed by atoms with E-state index in [0.29, 0.717) is 11.3 Å². The third-order valence-corrected chi connectivity index (χ3v) is 3.45. The predicted octanol–water partition coefficient (Wildman–Crippen LogP) is 4.25. The monoisotopic (exact) mass is 394 g/mol. The van der Waals surface area contributed by atoms with Gasteiger partial charge in [0.25, 0.3) is 11.8 Å². The Morgan fingerprint density at radius 3 is 2.21 bits per heavy atom. The number of amides is 2. The lowest BCUT2D eigenvalue weighted by Gasteiger charge is -2.20. The van der Waals surface area contributed by atoms with Crippen molar-refractivity contribution < 1.29 is 27.5 Å². The van der Waals surface area contributed by atoms with Crippen LogP contribution in [0.2, 0.25) is 0 Å². The maximum absolute atomic E-state index is 12.7. The van der Waals surface area contributed by atoms with Crippen LogP contribution in [0.15, 0.2) is 48.5 Å². The van der Waals surface area contributed by atoms with E-state index in [1.54, 1.807) is 24.3 Å². The summed E-state index contributed by atoms with van der Waals surface area (Å²) in [5.41, 5.74) is -0.349. The molecule has 8 heteroatoms. The van der Waals surface area contributed by atoms with Crippen molar-refractivity contribution in [2.24, 2.45) is 0 Å². The summed E-state index contributed by atoms with van der Waals surface area (Å²) in [6.07, 6.45) is -4.48. The van der Waals surface area contributed by atoms with Crippen LogP contribution in [0.4, 0.5) is 18.9 Å². The smallest absolute Gasteiger partial charge is 0.416 e. The average Bonchev–Trinajstić information content (AvgIpc) is 2.58. The first kappa shape index (κ1) is 21.3. The minimum Gasteiger partial charge on any atom is -0.484 e. The summed E-state index contributed by atoms with van der Waals surface area (Å²) < 4.78 is 43.1. The second kappa shape index (κ2) is 8.33. The van der Waals surface area contributed by atoms with Crippen LogP contribution in [-0.2, 0) is 11.0 Å². The number of anilines is 1. The van der Waals surface area contributed by atoms with Gasteiger partial charge in [-0.25, -0.2) is 0 Å². The van der Waals surface area contributed by atoms with Crippen molar-refractivity contribution >= 4 is 17.5 Å². The Morgan fingerprint density at radius 1 is 1.00 bits per heavy atom. The van der Waals surface area contributed by atoms with Gasteiger partial charge in [-0.15, -0.1) is 0 Å². The first-order valence-electron chi connectivity index (χ1n) is 8.46.